The highest BCUT2D eigenvalue weighted by Gasteiger charge is 2.10. The van der Waals surface area contributed by atoms with E-state index in [0.717, 1.165) is 5.56 Å². The summed E-state index contributed by atoms with van der Waals surface area (Å²) in [5.41, 5.74) is 2.97. The van der Waals surface area contributed by atoms with Gasteiger partial charge in [0, 0.05) is 0 Å². The van der Waals surface area contributed by atoms with Gasteiger partial charge in [0.05, 0.1) is 0 Å². The molecule has 0 aliphatic carbocycles. The van der Waals surface area contributed by atoms with Gasteiger partial charge in [0.1, 0.15) is 0 Å². The molecule has 140 valence electrons. The molecule has 0 unspecified atom stereocenters. The fraction of sp³-hybridized carbons (Fsp3) is 0.478. The quantitative estimate of drug-likeness (QED) is 0.492. The van der Waals surface area contributed by atoms with Crippen LogP contribution in [-0.2, 0) is 0 Å². The lowest BCUT2D eigenvalue weighted by Crippen LogP contribution is -1.98. The number of hydrogen-bond donors (Lipinski definition) is 0. The van der Waals surface area contributed by atoms with E-state index >= 15 is 0 Å². The van der Waals surface area contributed by atoms with Crippen LogP contribution in [0.15, 0.2) is 42.5 Å². The lowest BCUT2D eigenvalue weighted by molar-refractivity contribution is 0.509. The molecule has 0 amide bonds. The van der Waals surface area contributed by atoms with Crippen molar-refractivity contribution >= 4 is 0 Å². The molecule has 2 aromatic rings. The van der Waals surface area contributed by atoms with E-state index < -0.39 is 11.6 Å². The van der Waals surface area contributed by atoms with Gasteiger partial charge in [-0.05, 0) is 47.6 Å². The average Bonchev–Trinajstić information content (AvgIpc) is 2.67. The molecular formula is C23H34F2. The molecule has 0 aliphatic rings. The number of hydrogen-bond acceptors (Lipinski definition) is 0. The zero-order chi connectivity index (χ0) is 19.2. The molecule has 2 rings (SSSR count). The van der Waals surface area contributed by atoms with Crippen LogP contribution in [-0.4, -0.2) is 0 Å². The molecule has 0 nitrogen and oxygen atoms in total. The van der Waals surface area contributed by atoms with Gasteiger partial charge in [-0.2, -0.15) is 0 Å². The minimum absolute atomic E-state index is 0.596. The highest BCUT2D eigenvalue weighted by Crippen LogP contribution is 2.29. The molecule has 0 radical (unpaired) electrons. The van der Waals surface area contributed by atoms with Gasteiger partial charge in [-0.3, -0.25) is 0 Å². The molecule has 2 aromatic carbocycles. The maximum absolute atomic E-state index is 13.3. The summed E-state index contributed by atoms with van der Waals surface area (Å²) >= 11 is 0. The normalized spacial score (nSPS) is 9.80. The van der Waals surface area contributed by atoms with E-state index in [9.17, 15) is 8.78 Å². The molecular weight excluding hydrogens is 314 g/mol. The lowest BCUT2D eigenvalue weighted by Gasteiger charge is -2.16. The van der Waals surface area contributed by atoms with E-state index in [4.69, 9.17) is 0 Å². The van der Waals surface area contributed by atoms with Crippen molar-refractivity contribution in [3.63, 3.8) is 0 Å². The van der Waals surface area contributed by atoms with Crippen LogP contribution in [0, 0.1) is 11.6 Å². The molecule has 0 bridgehead atoms. The molecule has 0 spiro atoms. The highest BCUT2D eigenvalue weighted by molar-refractivity contribution is 5.63. The average molecular weight is 349 g/mol. The van der Waals surface area contributed by atoms with Crippen LogP contribution >= 0.6 is 0 Å². The summed E-state index contributed by atoms with van der Waals surface area (Å²) in [6.45, 7) is 12.4. The summed E-state index contributed by atoms with van der Waals surface area (Å²) in [5.74, 6) is -1.01. The summed E-state index contributed by atoms with van der Waals surface area (Å²) in [6, 6.07) is 12.3. The van der Waals surface area contributed by atoms with Crippen LogP contribution in [0.3, 0.4) is 0 Å². The Kier molecular flexibility index (Phi) is 12.7. The zero-order valence-electron chi connectivity index (χ0n) is 16.7. The molecule has 0 saturated carbocycles. The van der Waals surface area contributed by atoms with E-state index in [1.807, 2.05) is 39.8 Å². The third kappa shape index (κ3) is 7.37. The fourth-order valence-electron chi connectivity index (χ4n) is 2.80. The van der Waals surface area contributed by atoms with Crippen molar-refractivity contribution in [1.82, 2.24) is 0 Å². The van der Waals surface area contributed by atoms with Crippen LogP contribution in [0.25, 0.3) is 11.1 Å². The molecule has 0 aliphatic heterocycles. The first-order chi connectivity index (χ1) is 12.2. The van der Waals surface area contributed by atoms with Crippen molar-refractivity contribution in [2.45, 2.75) is 73.1 Å². The molecule has 25 heavy (non-hydrogen) atoms. The number of halogens is 2. The highest BCUT2D eigenvalue weighted by atomic mass is 19.2. The molecule has 0 atom stereocenters. The minimum atomic E-state index is -0.804. The second kappa shape index (κ2) is 13.6. The summed E-state index contributed by atoms with van der Waals surface area (Å²) in [4.78, 5) is 0. The van der Waals surface area contributed by atoms with E-state index in [0.29, 0.717) is 11.5 Å². The number of benzene rings is 2. The van der Waals surface area contributed by atoms with Crippen LogP contribution in [0.2, 0.25) is 0 Å². The predicted molar refractivity (Wildman–Crippen MR) is 107 cm³/mol. The van der Waals surface area contributed by atoms with Gasteiger partial charge in [0.25, 0.3) is 0 Å². The van der Waals surface area contributed by atoms with Crippen molar-refractivity contribution in [3.05, 3.63) is 59.7 Å². The van der Waals surface area contributed by atoms with Crippen molar-refractivity contribution in [2.75, 3.05) is 0 Å². The Morgan fingerprint density at radius 1 is 0.680 bits per heavy atom. The van der Waals surface area contributed by atoms with Gasteiger partial charge in [-0.15, -0.1) is 0 Å². The Hall–Kier alpha value is -1.70. The van der Waals surface area contributed by atoms with Gasteiger partial charge in [-0.25, -0.2) is 8.78 Å². The van der Waals surface area contributed by atoms with Gasteiger partial charge in [-0.1, -0.05) is 84.7 Å². The molecule has 0 saturated heterocycles. The third-order valence-corrected chi connectivity index (χ3v) is 3.91. The molecule has 2 heteroatoms. The SMILES string of the molecule is CC.CC.CCCC(CCC)c1ccc(-c2ccc(F)c(F)c2)cc1. The maximum Gasteiger partial charge on any atom is 0.159 e. The van der Waals surface area contributed by atoms with Crippen molar-refractivity contribution in [2.24, 2.45) is 0 Å². The zero-order valence-corrected chi connectivity index (χ0v) is 16.7. The molecule has 0 heterocycles. The van der Waals surface area contributed by atoms with E-state index in [1.165, 1.54) is 43.4 Å². The summed E-state index contributed by atoms with van der Waals surface area (Å²) < 4.78 is 26.3. The topological polar surface area (TPSA) is 0 Å². The Morgan fingerprint density at radius 2 is 1.16 bits per heavy atom. The second-order valence-electron chi connectivity index (χ2n) is 5.53. The van der Waals surface area contributed by atoms with Crippen molar-refractivity contribution in [1.29, 1.82) is 0 Å². The maximum atomic E-state index is 13.3. The van der Waals surface area contributed by atoms with Gasteiger partial charge >= 0.3 is 0 Å². The molecule has 0 aromatic heterocycles. The van der Waals surface area contributed by atoms with E-state index in [1.54, 1.807) is 6.07 Å². The first-order valence-corrected chi connectivity index (χ1v) is 9.71. The Labute approximate surface area is 153 Å². The molecule has 0 N–H and O–H groups in total. The van der Waals surface area contributed by atoms with Crippen molar-refractivity contribution < 1.29 is 8.78 Å². The first-order valence-electron chi connectivity index (χ1n) is 9.71. The van der Waals surface area contributed by atoms with Gasteiger partial charge in [0.15, 0.2) is 11.6 Å². The lowest BCUT2D eigenvalue weighted by atomic mass is 9.89. The standard InChI is InChI=1S/C19H22F2.2C2H6/c1-3-5-14(6-4-2)15-7-9-16(10-8-15)17-11-12-18(20)19(21)13-17;2*1-2/h7-14H,3-6H2,1-2H3;2*1-2H3. The largest absolute Gasteiger partial charge is 0.204 e. The van der Waals surface area contributed by atoms with E-state index in [-0.39, 0.29) is 0 Å². The second-order valence-corrected chi connectivity index (χ2v) is 5.53. The fourth-order valence-corrected chi connectivity index (χ4v) is 2.80. The Morgan fingerprint density at radius 3 is 1.60 bits per heavy atom. The van der Waals surface area contributed by atoms with Crippen molar-refractivity contribution in [3.8, 4) is 11.1 Å². The predicted octanol–water partition coefficient (Wildman–Crippen LogP) is 8.37. The van der Waals surface area contributed by atoms with E-state index in [2.05, 4.69) is 26.0 Å². The van der Waals surface area contributed by atoms with Crippen LogP contribution in [0.5, 0.6) is 0 Å². The van der Waals surface area contributed by atoms with Crippen LogP contribution in [0.4, 0.5) is 8.78 Å². The molecule has 0 fully saturated rings. The monoisotopic (exact) mass is 348 g/mol. The van der Waals surface area contributed by atoms with Crippen LogP contribution < -0.4 is 0 Å². The number of rotatable bonds is 6. The Bertz CT molecular complexity index is 567. The summed E-state index contributed by atoms with van der Waals surface area (Å²) in [7, 11) is 0. The third-order valence-electron chi connectivity index (χ3n) is 3.91. The smallest absolute Gasteiger partial charge is 0.159 e. The van der Waals surface area contributed by atoms with Crippen LogP contribution in [0.1, 0.15) is 78.7 Å². The Balaban J connectivity index is 0.00000134. The minimum Gasteiger partial charge on any atom is -0.204 e. The summed E-state index contributed by atoms with van der Waals surface area (Å²) in [5, 5.41) is 0. The summed E-state index contributed by atoms with van der Waals surface area (Å²) in [6.07, 6.45) is 4.74. The van der Waals surface area contributed by atoms with Gasteiger partial charge < -0.3 is 0 Å². The van der Waals surface area contributed by atoms with Gasteiger partial charge in [0.2, 0.25) is 0 Å². The first kappa shape index (κ1) is 23.3.